The van der Waals surface area contributed by atoms with Crippen molar-refractivity contribution in [2.45, 2.75) is 17.9 Å². The summed E-state index contributed by atoms with van der Waals surface area (Å²) in [6, 6.07) is 14.1. The van der Waals surface area contributed by atoms with Crippen LogP contribution in [0, 0.1) is 0 Å². The quantitative estimate of drug-likeness (QED) is 0.649. The fraction of sp³-hybridized carbons (Fsp3) is 0.222. The van der Waals surface area contributed by atoms with Crippen molar-refractivity contribution in [1.82, 2.24) is 5.32 Å². The summed E-state index contributed by atoms with van der Waals surface area (Å²) in [7, 11) is -3.77. The zero-order valence-electron chi connectivity index (χ0n) is 14.6. The van der Waals surface area contributed by atoms with Gasteiger partial charge in [-0.15, -0.1) is 0 Å². The van der Waals surface area contributed by atoms with Crippen LogP contribution in [-0.4, -0.2) is 33.5 Å². The third-order valence-corrected chi connectivity index (χ3v) is 4.48. The molecule has 27 heavy (non-hydrogen) atoms. The molecule has 2 aromatic rings. The first-order valence-electron chi connectivity index (χ1n) is 8.01. The van der Waals surface area contributed by atoms with Crippen molar-refractivity contribution in [3.63, 3.8) is 0 Å². The molecule has 0 fully saturated rings. The number of ether oxygens (including phenoxy) is 2. The van der Waals surface area contributed by atoms with Crippen LogP contribution in [0.3, 0.4) is 0 Å². The second-order valence-corrected chi connectivity index (χ2v) is 7.23. The molecule has 8 nitrogen and oxygen atoms in total. The van der Waals surface area contributed by atoms with Crippen LogP contribution >= 0.6 is 0 Å². The summed E-state index contributed by atoms with van der Waals surface area (Å²) < 4.78 is 32.5. The highest BCUT2D eigenvalue weighted by Crippen LogP contribution is 2.15. The molecule has 9 heteroatoms. The molecular weight excluding hydrogens is 372 g/mol. The maximum atomic E-state index is 11.9. The average molecular weight is 392 g/mol. The van der Waals surface area contributed by atoms with Crippen molar-refractivity contribution in [2.75, 3.05) is 13.2 Å². The van der Waals surface area contributed by atoms with Crippen LogP contribution in [-0.2, 0) is 24.3 Å². The van der Waals surface area contributed by atoms with Crippen molar-refractivity contribution in [1.29, 1.82) is 0 Å². The molecule has 0 saturated carbocycles. The molecule has 0 spiro atoms. The van der Waals surface area contributed by atoms with Gasteiger partial charge in [-0.05, 0) is 36.8 Å². The van der Waals surface area contributed by atoms with Gasteiger partial charge in [-0.1, -0.05) is 30.3 Å². The molecule has 144 valence electrons. The number of hydrogen-bond donors (Lipinski definition) is 2. The Morgan fingerprint density at radius 3 is 2.26 bits per heavy atom. The van der Waals surface area contributed by atoms with E-state index in [0.29, 0.717) is 11.3 Å². The van der Waals surface area contributed by atoms with Gasteiger partial charge in [0.05, 0.1) is 10.9 Å². The van der Waals surface area contributed by atoms with Crippen LogP contribution in [0.15, 0.2) is 59.5 Å². The lowest BCUT2D eigenvalue weighted by atomic mass is 10.1. The summed E-state index contributed by atoms with van der Waals surface area (Å²) in [6.45, 7) is 0.961. The van der Waals surface area contributed by atoms with Gasteiger partial charge in [0.2, 0.25) is 10.0 Å². The minimum Gasteiger partial charge on any atom is -0.482 e. The molecule has 0 bridgehead atoms. The van der Waals surface area contributed by atoms with Gasteiger partial charge in [0.15, 0.2) is 13.2 Å². The van der Waals surface area contributed by atoms with Crippen molar-refractivity contribution >= 4 is 21.9 Å². The number of carbonyl (C=O) groups excluding carboxylic acids is 2. The fourth-order valence-corrected chi connectivity index (χ4v) is 2.67. The summed E-state index contributed by atoms with van der Waals surface area (Å²) in [6.07, 6.45) is 0. The van der Waals surface area contributed by atoms with Gasteiger partial charge in [-0.25, -0.2) is 18.4 Å². The number of primary sulfonamides is 1. The van der Waals surface area contributed by atoms with E-state index in [1.54, 1.807) is 43.3 Å². The number of amides is 1. The number of nitrogens with two attached hydrogens (primary N) is 1. The van der Waals surface area contributed by atoms with E-state index in [9.17, 15) is 18.0 Å². The highest BCUT2D eigenvalue weighted by Gasteiger charge is 2.14. The molecule has 1 atom stereocenters. The third-order valence-electron chi connectivity index (χ3n) is 3.55. The largest absolute Gasteiger partial charge is 0.482 e. The van der Waals surface area contributed by atoms with E-state index in [0.717, 1.165) is 0 Å². The smallest absolute Gasteiger partial charge is 0.344 e. The fourth-order valence-electron chi connectivity index (χ4n) is 2.16. The van der Waals surface area contributed by atoms with Crippen LogP contribution in [0.4, 0.5) is 0 Å². The predicted octanol–water partition coefficient (Wildman–Crippen LogP) is 1.13. The zero-order chi connectivity index (χ0) is 19.9. The molecular formula is C18H20N2O6S. The molecule has 2 aromatic carbocycles. The minimum atomic E-state index is -3.77. The summed E-state index contributed by atoms with van der Waals surface area (Å²) in [4.78, 5) is 23.5. The van der Waals surface area contributed by atoms with Gasteiger partial charge in [-0.2, -0.15) is 0 Å². The Kier molecular flexibility index (Phi) is 6.91. The normalized spacial score (nSPS) is 12.1. The number of carbonyl (C=O) groups is 2. The standard InChI is InChI=1S/C18H20N2O6S/c1-13(14-7-9-16(10-8-14)27(19,23)24)20-17(21)11-26-18(22)12-25-15-5-3-2-4-6-15/h2-10,13H,11-12H2,1H3,(H,20,21)(H2,19,23,24)/t13-/m1/s1. The Bertz CT molecular complexity index is 882. The molecule has 0 unspecified atom stereocenters. The maximum absolute atomic E-state index is 11.9. The number of nitrogens with one attached hydrogen (secondary N) is 1. The van der Waals surface area contributed by atoms with Crippen molar-refractivity contribution in [3.8, 4) is 5.75 Å². The second-order valence-electron chi connectivity index (χ2n) is 5.67. The number of benzene rings is 2. The first-order chi connectivity index (χ1) is 12.8. The van der Waals surface area contributed by atoms with E-state index in [4.69, 9.17) is 14.6 Å². The third kappa shape index (κ3) is 6.72. The van der Waals surface area contributed by atoms with E-state index in [-0.39, 0.29) is 11.5 Å². The Morgan fingerprint density at radius 2 is 1.67 bits per heavy atom. The highest BCUT2D eigenvalue weighted by atomic mass is 32.2. The van der Waals surface area contributed by atoms with E-state index in [1.165, 1.54) is 12.1 Å². The predicted molar refractivity (Wildman–Crippen MR) is 97.3 cm³/mol. The lowest BCUT2D eigenvalue weighted by Gasteiger charge is -2.15. The number of hydrogen-bond acceptors (Lipinski definition) is 6. The maximum Gasteiger partial charge on any atom is 0.344 e. The van der Waals surface area contributed by atoms with Crippen LogP contribution in [0.2, 0.25) is 0 Å². The van der Waals surface area contributed by atoms with E-state index < -0.39 is 34.5 Å². The SMILES string of the molecule is C[C@@H](NC(=O)COC(=O)COc1ccccc1)c1ccc(S(N)(=O)=O)cc1. The molecule has 3 N–H and O–H groups in total. The van der Waals surface area contributed by atoms with E-state index >= 15 is 0 Å². The summed E-state index contributed by atoms with van der Waals surface area (Å²) in [5.74, 6) is -0.638. The molecule has 2 rings (SSSR count). The molecule has 0 aliphatic heterocycles. The second kappa shape index (κ2) is 9.15. The highest BCUT2D eigenvalue weighted by molar-refractivity contribution is 7.89. The van der Waals surface area contributed by atoms with Gasteiger partial charge < -0.3 is 14.8 Å². The zero-order valence-corrected chi connectivity index (χ0v) is 15.4. The first-order valence-corrected chi connectivity index (χ1v) is 9.56. The number of esters is 1. The molecule has 0 aliphatic carbocycles. The molecule has 0 saturated heterocycles. The molecule has 0 heterocycles. The molecule has 0 aliphatic rings. The Balaban J connectivity index is 1.76. The van der Waals surface area contributed by atoms with Crippen molar-refractivity contribution < 1.29 is 27.5 Å². The topological polar surface area (TPSA) is 125 Å². The van der Waals surface area contributed by atoms with Gasteiger partial charge in [0.1, 0.15) is 5.75 Å². The molecule has 0 radical (unpaired) electrons. The van der Waals surface area contributed by atoms with Gasteiger partial charge >= 0.3 is 5.97 Å². The number of sulfonamides is 1. The number of para-hydroxylation sites is 1. The van der Waals surface area contributed by atoms with Crippen LogP contribution in [0.5, 0.6) is 5.75 Å². The summed E-state index contributed by atoms with van der Waals surface area (Å²) >= 11 is 0. The van der Waals surface area contributed by atoms with E-state index in [1.807, 2.05) is 6.07 Å². The van der Waals surface area contributed by atoms with Crippen LogP contribution in [0.25, 0.3) is 0 Å². The Labute approximate surface area is 157 Å². The number of rotatable bonds is 8. The Hall–Kier alpha value is -2.91. The van der Waals surface area contributed by atoms with Gasteiger partial charge in [0, 0.05) is 0 Å². The van der Waals surface area contributed by atoms with Crippen molar-refractivity contribution in [2.24, 2.45) is 5.14 Å². The van der Waals surface area contributed by atoms with Crippen LogP contribution < -0.4 is 15.2 Å². The summed E-state index contributed by atoms with van der Waals surface area (Å²) in [5.41, 5.74) is 0.675. The minimum absolute atomic E-state index is 0.0166. The van der Waals surface area contributed by atoms with Crippen molar-refractivity contribution in [3.05, 3.63) is 60.2 Å². The van der Waals surface area contributed by atoms with Gasteiger partial charge in [0.25, 0.3) is 5.91 Å². The lowest BCUT2D eigenvalue weighted by molar-refractivity contribution is -0.150. The monoisotopic (exact) mass is 392 g/mol. The lowest BCUT2D eigenvalue weighted by Crippen LogP contribution is -2.32. The molecule has 0 aromatic heterocycles. The summed E-state index contributed by atoms with van der Waals surface area (Å²) in [5, 5.41) is 7.68. The first kappa shape index (κ1) is 20.4. The molecule has 1 amide bonds. The Morgan fingerprint density at radius 1 is 1.04 bits per heavy atom. The van der Waals surface area contributed by atoms with Crippen LogP contribution in [0.1, 0.15) is 18.5 Å². The van der Waals surface area contributed by atoms with Gasteiger partial charge in [-0.3, -0.25) is 4.79 Å². The average Bonchev–Trinajstić information content (AvgIpc) is 2.65. The van der Waals surface area contributed by atoms with E-state index in [2.05, 4.69) is 5.32 Å².